The van der Waals surface area contributed by atoms with Crippen molar-refractivity contribution < 1.29 is 17.5 Å². The van der Waals surface area contributed by atoms with Crippen LogP contribution in [-0.2, 0) is 28.3 Å². The first-order chi connectivity index (χ1) is 9.03. The third-order valence-corrected chi connectivity index (χ3v) is 9.90. The summed E-state index contributed by atoms with van der Waals surface area (Å²) in [7, 11) is -9.01. The third kappa shape index (κ3) is 3.13. The van der Waals surface area contributed by atoms with E-state index < -0.39 is 28.3 Å². The zero-order valence-corrected chi connectivity index (χ0v) is 12.1. The van der Waals surface area contributed by atoms with E-state index >= 15 is 0 Å². The van der Waals surface area contributed by atoms with Gasteiger partial charge in [-0.25, -0.2) is 0 Å². The first-order valence-electron chi connectivity index (χ1n) is 5.23. The predicted molar refractivity (Wildman–Crippen MR) is 74.6 cm³/mol. The Morgan fingerprint density at radius 2 is 1.00 bits per heavy atom. The van der Waals surface area contributed by atoms with E-state index in [1.807, 2.05) is 0 Å². The van der Waals surface area contributed by atoms with Gasteiger partial charge in [0.05, 0.1) is 0 Å². The minimum absolute atomic E-state index is 0.117. The Morgan fingerprint density at radius 3 is 1.32 bits per heavy atom. The van der Waals surface area contributed by atoms with Crippen molar-refractivity contribution in [3.8, 4) is 0 Å². The fraction of sp³-hybridized carbons (Fsp3) is 0. The highest BCUT2D eigenvalue weighted by Gasteiger charge is 2.43. The van der Waals surface area contributed by atoms with E-state index in [2.05, 4.69) is 0 Å². The molecule has 0 saturated heterocycles. The van der Waals surface area contributed by atoms with Gasteiger partial charge in [0.25, 0.3) is 0 Å². The molecule has 0 aliphatic heterocycles. The number of benzene rings is 2. The van der Waals surface area contributed by atoms with Crippen LogP contribution in [0.1, 0.15) is 0 Å². The molecule has 0 radical (unpaired) electrons. The van der Waals surface area contributed by atoms with Crippen LogP contribution >= 0.6 is 0 Å². The maximum atomic E-state index is 12.0. The van der Waals surface area contributed by atoms with Crippen molar-refractivity contribution in [2.24, 2.45) is 0 Å². The Balaban J connectivity index is 2.33. The van der Waals surface area contributed by atoms with Crippen LogP contribution in [0.4, 0.5) is 0 Å². The summed E-state index contributed by atoms with van der Waals surface area (Å²) >= 11 is 0. The SMILES string of the molecule is O=S(=O)([S+]([O-])c1ccccc1)[S+]([O-])c1ccccc1. The number of rotatable bonds is 4. The molecular formula is C12H10O4S3. The fourth-order valence-electron chi connectivity index (χ4n) is 1.36. The topological polar surface area (TPSA) is 80.3 Å². The zero-order valence-electron chi connectivity index (χ0n) is 9.63. The quantitative estimate of drug-likeness (QED) is 0.637. The monoisotopic (exact) mass is 314 g/mol. The Bertz CT molecular complexity index is 577. The molecule has 2 atom stereocenters. The summed E-state index contributed by atoms with van der Waals surface area (Å²) in [4.78, 5) is 0.235. The van der Waals surface area contributed by atoms with Gasteiger partial charge in [0, 0.05) is 0 Å². The normalized spacial score (nSPS) is 14.8. The highest BCUT2D eigenvalue weighted by atomic mass is 33.6. The van der Waals surface area contributed by atoms with Crippen LogP contribution < -0.4 is 0 Å². The fourth-order valence-corrected chi connectivity index (χ4v) is 7.54. The Hall–Kier alpha value is -0.990. The summed E-state index contributed by atoms with van der Waals surface area (Å²) in [6.45, 7) is 0. The van der Waals surface area contributed by atoms with Gasteiger partial charge in [0.15, 0.2) is 30.2 Å². The zero-order chi connectivity index (χ0) is 13.9. The summed E-state index contributed by atoms with van der Waals surface area (Å²) in [5.41, 5.74) is 0. The Labute approximate surface area is 116 Å². The molecule has 0 amide bonds. The van der Waals surface area contributed by atoms with E-state index in [0.717, 1.165) is 0 Å². The van der Waals surface area contributed by atoms with Crippen molar-refractivity contribution in [3.05, 3.63) is 60.7 Å². The average molecular weight is 314 g/mol. The van der Waals surface area contributed by atoms with Gasteiger partial charge in [-0.15, -0.1) is 8.42 Å². The molecule has 2 rings (SSSR count). The summed E-state index contributed by atoms with van der Waals surface area (Å²) in [6.07, 6.45) is 0. The second kappa shape index (κ2) is 5.98. The van der Waals surface area contributed by atoms with Crippen molar-refractivity contribution >= 4 is 28.3 Å². The van der Waals surface area contributed by atoms with Gasteiger partial charge in [0.1, 0.15) is 0 Å². The van der Waals surface area contributed by atoms with Crippen molar-refractivity contribution in [1.29, 1.82) is 0 Å². The van der Waals surface area contributed by atoms with E-state index in [4.69, 9.17) is 0 Å². The second-order valence-corrected chi connectivity index (χ2v) is 11.3. The van der Waals surface area contributed by atoms with Crippen LogP contribution in [0.5, 0.6) is 0 Å². The smallest absolute Gasteiger partial charge is 0.496 e. The van der Waals surface area contributed by atoms with E-state index in [1.54, 1.807) is 36.4 Å². The van der Waals surface area contributed by atoms with Gasteiger partial charge < -0.3 is 9.11 Å². The van der Waals surface area contributed by atoms with Crippen LogP contribution in [0.2, 0.25) is 0 Å². The summed E-state index contributed by atoms with van der Waals surface area (Å²) in [5, 5.41) is 0. The third-order valence-electron chi connectivity index (χ3n) is 2.24. The van der Waals surface area contributed by atoms with E-state index in [0.29, 0.717) is 0 Å². The molecule has 19 heavy (non-hydrogen) atoms. The molecule has 0 fully saturated rings. The molecule has 0 bridgehead atoms. The Morgan fingerprint density at radius 1 is 0.684 bits per heavy atom. The molecular weight excluding hydrogens is 304 g/mol. The average Bonchev–Trinajstić information content (AvgIpc) is 2.47. The van der Waals surface area contributed by atoms with Crippen LogP contribution in [0.25, 0.3) is 0 Å². The van der Waals surface area contributed by atoms with Crippen molar-refractivity contribution in [1.82, 2.24) is 0 Å². The predicted octanol–water partition coefficient (Wildman–Crippen LogP) is 1.85. The van der Waals surface area contributed by atoms with Gasteiger partial charge in [-0.3, -0.25) is 0 Å². The lowest BCUT2D eigenvalue weighted by Gasteiger charge is -2.11. The standard InChI is InChI=1S/C12H10O4S3/c13-17(11-7-3-1-4-8-11)19(15,16)18(14)12-9-5-2-6-10-12/h1-10H. The molecule has 100 valence electrons. The molecule has 0 aromatic heterocycles. The summed E-state index contributed by atoms with van der Waals surface area (Å²) in [6, 6.07) is 15.4. The maximum Gasteiger partial charge on any atom is 0.496 e. The second-order valence-electron chi connectivity index (χ2n) is 3.50. The lowest BCUT2D eigenvalue weighted by molar-refractivity contribution is 0.578. The molecule has 0 aliphatic rings. The molecule has 2 aromatic rings. The molecule has 4 nitrogen and oxygen atoms in total. The molecule has 2 unspecified atom stereocenters. The van der Waals surface area contributed by atoms with Crippen molar-refractivity contribution in [2.45, 2.75) is 9.79 Å². The Kier molecular flexibility index (Phi) is 4.54. The van der Waals surface area contributed by atoms with Crippen LogP contribution in [0, 0.1) is 0 Å². The van der Waals surface area contributed by atoms with Crippen molar-refractivity contribution in [2.75, 3.05) is 0 Å². The maximum absolute atomic E-state index is 12.0. The highest BCUT2D eigenvalue weighted by Crippen LogP contribution is 2.26. The number of hydrogen-bond donors (Lipinski definition) is 0. The first kappa shape index (κ1) is 14.4. The lowest BCUT2D eigenvalue weighted by atomic mass is 10.4. The minimum Gasteiger partial charge on any atom is -0.593 e. The van der Waals surface area contributed by atoms with Gasteiger partial charge in [-0.05, 0) is 24.3 Å². The van der Waals surface area contributed by atoms with Gasteiger partial charge in [-0.1, -0.05) is 36.4 Å². The van der Waals surface area contributed by atoms with Gasteiger partial charge >= 0.3 is 7.90 Å². The molecule has 0 spiro atoms. The number of hydrogen-bond acceptors (Lipinski definition) is 4. The van der Waals surface area contributed by atoms with E-state index in [1.165, 1.54) is 24.3 Å². The minimum atomic E-state index is -4.30. The van der Waals surface area contributed by atoms with Crippen molar-refractivity contribution in [3.63, 3.8) is 0 Å². The van der Waals surface area contributed by atoms with Crippen LogP contribution in [0.3, 0.4) is 0 Å². The van der Waals surface area contributed by atoms with E-state index in [9.17, 15) is 17.5 Å². The van der Waals surface area contributed by atoms with Crippen LogP contribution in [-0.4, -0.2) is 17.5 Å². The highest BCUT2D eigenvalue weighted by molar-refractivity contribution is 8.99. The summed E-state index contributed by atoms with van der Waals surface area (Å²) < 4.78 is 48.1. The molecule has 0 saturated carbocycles. The van der Waals surface area contributed by atoms with E-state index in [-0.39, 0.29) is 9.79 Å². The van der Waals surface area contributed by atoms with Gasteiger partial charge in [0.2, 0.25) is 0 Å². The largest absolute Gasteiger partial charge is 0.593 e. The summed E-state index contributed by atoms with van der Waals surface area (Å²) in [5.74, 6) is 0. The molecule has 0 N–H and O–H groups in total. The first-order valence-corrected chi connectivity index (χ1v) is 10.0. The molecule has 0 heterocycles. The van der Waals surface area contributed by atoms with Gasteiger partial charge in [-0.2, -0.15) is 0 Å². The lowest BCUT2D eigenvalue weighted by Crippen LogP contribution is -2.25. The van der Waals surface area contributed by atoms with Crippen LogP contribution in [0.15, 0.2) is 70.5 Å². The molecule has 0 aliphatic carbocycles. The molecule has 7 heteroatoms. The molecule has 2 aromatic carbocycles.